The summed E-state index contributed by atoms with van der Waals surface area (Å²) >= 11 is 6.10. The van der Waals surface area contributed by atoms with Crippen LogP contribution in [0.4, 0.5) is 0 Å². The third-order valence-electron chi connectivity index (χ3n) is 3.19. The molecule has 1 aromatic heterocycles. The molecule has 2 amide bonds. The van der Waals surface area contributed by atoms with E-state index in [0.29, 0.717) is 23.8 Å². The highest BCUT2D eigenvalue weighted by molar-refractivity contribution is 6.32. The standard InChI is InChI=1S/C15H18ClN5O2/c1-3-17-14(22)10-20(4-2)15(23)12-9-21(19-18-12)13-8-6-5-7-11(13)16/h5-9H,3-4,10H2,1-2H3,(H,17,22). The predicted molar refractivity (Wildman–Crippen MR) is 86.6 cm³/mol. The second-order valence-electron chi connectivity index (χ2n) is 4.77. The smallest absolute Gasteiger partial charge is 0.276 e. The van der Waals surface area contributed by atoms with Gasteiger partial charge in [0.25, 0.3) is 5.91 Å². The van der Waals surface area contributed by atoms with Crippen LogP contribution in [0.1, 0.15) is 24.3 Å². The van der Waals surface area contributed by atoms with Gasteiger partial charge in [-0.2, -0.15) is 0 Å². The maximum Gasteiger partial charge on any atom is 0.276 e. The molecule has 0 radical (unpaired) electrons. The maximum atomic E-state index is 12.4. The lowest BCUT2D eigenvalue weighted by Gasteiger charge is -2.18. The van der Waals surface area contributed by atoms with Crippen molar-refractivity contribution in [3.05, 3.63) is 41.2 Å². The van der Waals surface area contributed by atoms with Gasteiger partial charge in [0.1, 0.15) is 0 Å². The van der Waals surface area contributed by atoms with Crippen molar-refractivity contribution in [1.82, 2.24) is 25.2 Å². The second-order valence-corrected chi connectivity index (χ2v) is 5.18. The number of nitrogens with one attached hydrogen (secondary N) is 1. The lowest BCUT2D eigenvalue weighted by Crippen LogP contribution is -2.40. The summed E-state index contributed by atoms with van der Waals surface area (Å²) in [6.45, 7) is 4.53. The molecule has 0 unspecified atom stereocenters. The van der Waals surface area contributed by atoms with Crippen molar-refractivity contribution < 1.29 is 9.59 Å². The number of halogens is 1. The van der Waals surface area contributed by atoms with Gasteiger partial charge in [0.15, 0.2) is 5.69 Å². The average molecular weight is 336 g/mol. The Labute approximate surface area is 139 Å². The van der Waals surface area contributed by atoms with Crippen molar-refractivity contribution in [2.24, 2.45) is 0 Å². The van der Waals surface area contributed by atoms with E-state index in [4.69, 9.17) is 11.6 Å². The van der Waals surface area contributed by atoms with Gasteiger partial charge < -0.3 is 10.2 Å². The number of amides is 2. The monoisotopic (exact) mass is 335 g/mol. The van der Waals surface area contributed by atoms with E-state index in [-0.39, 0.29) is 24.1 Å². The Morgan fingerprint density at radius 3 is 2.70 bits per heavy atom. The number of carbonyl (C=O) groups excluding carboxylic acids is 2. The van der Waals surface area contributed by atoms with E-state index in [0.717, 1.165) is 0 Å². The van der Waals surface area contributed by atoms with Gasteiger partial charge in [-0.15, -0.1) is 5.10 Å². The first-order valence-corrected chi connectivity index (χ1v) is 7.67. The Morgan fingerprint density at radius 2 is 2.04 bits per heavy atom. The molecule has 0 atom stereocenters. The summed E-state index contributed by atoms with van der Waals surface area (Å²) in [7, 11) is 0. The minimum Gasteiger partial charge on any atom is -0.355 e. The van der Waals surface area contributed by atoms with Crippen molar-refractivity contribution >= 4 is 23.4 Å². The Balaban J connectivity index is 2.17. The predicted octanol–water partition coefficient (Wildman–Crippen LogP) is 1.52. The molecule has 8 heteroatoms. The zero-order valence-corrected chi connectivity index (χ0v) is 13.7. The van der Waals surface area contributed by atoms with Crippen molar-refractivity contribution in [2.45, 2.75) is 13.8 Å². The van der Waals surface area contributed by atoms with Gasteiger partial charge in [0.05, 0.1) is 23.5 Å². The van der Waals surface area contributed by atoms with E-state index < -0.39 is 0 Å². The van der Waals surface area contributed by atoms with Crippen LogP contribution in [0.5, 0.6) is 0 Å². The fourth-order valence-electron chi connectivity index (χ4n) is 2.03. The fourth-order valence-corrected chi connectivity index (χ4v) is 2.26. The summed E-state index contributed by atoms with van der Waals surface area (Å²) in [6, 6.07) is 7.13. The molecule has 0 saturated carbocycles. The zero-order valence-electron chi connectivity index (χ0n) is 13.0. The van der Waals surface area contributed by atoms with E-state index in [1.54, 1.807) is 25.1 Å². The fraction of sp³-hybridized carbons (Fsp3) is 0.333. The first kappa shape index (κ1) is 17.0. The van der Waals surface area contributed by atoms with Gasteiger partial charge in [-0.3, -0.25) is 9.59 Å². The molecule has 1 N–H and O–H groups in total. The summed E-state index contributed by atoms with van der Waals surface area (Å²) in [5.74, 6) is -0.557. The molecule has 7 nitrogen and oxygen atoms in total. The number of rotatable bonds is 6. The Kier molecular flexibility index (Phi) is 5.70. The summed E-state index contributed by atoms with van der Waals surface area (Å²) in [5.41, 5.74) is 0.795. The molecular formula is C15H18ClN5O2. The Morgan fingerprint density at radius 1 is 1.30 bits per heavy atom. The number of para-hydroxylation sites is 1. The molecule has 1 aromatic carbocycles. The van der Waals surface area contributed by atoms with Crippen LogP contribution in [0.15, 0.2) is 30.5 Å². The molecule has 2 aromatic rings. The number of carbonyl (C=O) groups is 2. The van der Waals surface area contributed by atoms with Crippen LogP contribution in [-0.2, 0) is 4.79 Å². The second kappa shape index (κ2) is 7.73. The summed E-state index contributed by atoms with van der Waals surface area (Å²) in [6.07, 6.45) is 1.50. The van der Waals surface area contributed by atoms with Crippen LogP contribution < -0.4 is 5.32 Å². The van der Waals surface area contributed by atoms with E-state index in [9.17, 15) is 9.59 Å². The van der Waals surface area contributed by atoms with Gasteiger partial charge in [0, 0.05) is 13.1 Å². The van der Waals surface area contributed by atoms with E-state index >= 15 is 0 Å². The average Bonchev–Trinajstić information content (AvgIpc) is 3.02. The number of hydrogen-bond acceptors (Lipinski definition) is 4. The SMILES string of the molecule is CCNC(=O)CN(CC)C(=O)c1cn(-c2ccccc2Cl)nn1. The van der Waals surface area contributed by atoms with Crippen LogP contribution in [0.2, 0.25) is 5.02 Å². The van der Waals surface area contributed by atoms with Crippen LogP contribution in [0.25, 0.3) is 5.69 Å². The quantitative estimate of drug-likeness (QED) is 0.868. The first-order valence-electron chi connectivity index (χ1n) is 7.30. The number of aromatic nitrogens is 3. The maximum absolute atomic E-state index is 12.4. The Hall–Kier alpha value is -2.41. The van der Waals surface area contributed by atoms with Gasteiger partial charge in [-0.05, 0) is 26.0 Å². The van der Waals surface area contributed by atoms with E-state index in [1.807, 2.05) is 13.0 Å². The third kappa shape index (κ3) is 4.07. The van der Waals surface area contributed by atoms with Gasteiger partial charge in [-0.25, -0.2) is 4.68 Å². The van der Waals surface area contributed by atoms with Gasteiger partial charge in [-0.1, -0.05) is 28.9 Å². The molecule has 0 aliphatic rings. The number of nitrogens with zero attached hydrogens (tertiary/aromatic N) is 4. The zero-order chi connectivity index (χ0) is 16.8. The molecule has 23 heavy (non-hydrogen) atoms. The summed E-state index contributed by atoms with van der Waals surface area (Å²) < 4.78 is 1.44. The Bertz CT molecular complexity index is 701. The molecule has 0 bridgehead atoms. The normalized spacial score (nSPS) is 10.4. The van der Waals surface area contributed by atoms with Crippen molar-refractivity contribution in [1.29, 1.82) is 0 Å². The topological polar surface area (TPSA) is 80.1 Å². The molecule has 2 rings (SSSR count). The minimum absolute atomic E-state index is 0.0118. The largest absolute Gasteiger partial charge is 0.355 e. The van der Waals surface area contributed by atoms with Crippen molar-refractivity contribution in [3.63, 3.8) is 0 Å². The highest BCUT2D eigenvalue weighted by atomic mass is 35.5. The van der Waals surface area contributed by atoms with Crippen LogP contribution in [0, 0.1) is 0 Å². The number of benzene rings is 1. The molecule has 1 heterocycles. The lowest BCUT2D eigenvalue weighted by molar-refractivity contribution is -0.121. The van der Waals surface area contributed by atoms with Gasteiger partial charge >= 0.3 is 0 Å². The van der Waals surface area contributed by atoms with E-state index in [2.05, 4.69) is 15.6 Å². The third-order valence-corrected chi connectivity index (χ3v) is 3.51. The number of hydrogen-bond donors (Lipinski definition) is 1. The molecule has 0 fully saturated rings. The molecule has 0 aliphatic heterocycles. The van der Waals surface area contributed by atoms with Crippen LogP contribution >= 0.6 is 11.6 Å². The molecule has 122 valence electrons. The summed E-state index contributed by atoms with van der Waals surface area (Å²) in [4.78, 5) is 25.5. The molecule has 0 spiro atoms. The minimum atomic E-state index is -0.350. The molecule has 0 aliphatic carbocycles. The molecule has 0 saturated heterocycles. The first-order chi connectivity index (χ1) is 11.1. The van der Waals surface area contributed by atoms with Crippen LogP contribution in [-0.4, -0.2) is 51.3 Å². The van der Waals surface area contributed by atoms with Crippen molar-refractivity contribution in [2.75, 3.05) is 19.6 Å². The summed E-state index contributed by atoms with van der Waals surface area (Å²) in [5, 5.41) is 11.0. The highest BCUT2D eigenvalue weighted by Crippen LogP contribution is 2.18. The lowest BCUT2D eigenvalue weighted by atomic mass is 10.3. The van der Waals surface area contributed by atoms with Gasteiger partial charge in [0.2, 0.25) is 5.91 Å². The van der Waals surface area contributed by atoms with Crippen LogP contribution in [0.3, 0.4) is 0 Å². The number of likely N-dealkylation sites (N-methyl/N-ethyl adjacent to an activating group) is 2. The highest BCUT2D eigenvalue weighted by Gasteiger charge is 2.20. The van der Waals surface area contributed by atoms with E-state index in [1.165, 1.54) is 15.8 Å². The van der Waals surface area contributed by atoms with Crippen molar-refractivity contribution in [3.8, 4) is 5.69 Å². The molecular weight excluding hydrogens is 318 g/mol.